The summed E-state index contributed by atoms with van der Waals surface area (Å²) in [7, 11) is 0. The molecule has 5 nitrogen and oxygen atoms in total. The summed E-state index contributed by atoms with van der Waals surface area (Å²) in [5.41, 5.74) is 7.39. The average Bonchev–Trinajstić information content (AvgIpc) is 2.32. The van der Waals surface area contributed by atoms with E-state index in [0.29, 0.717) is 23.9 Å². The maximum atomic E-state index is 11.8. The van der Waals surface area contributed by atoms with Gasteiger partial charge in [0.15, 0.2) is 6.61 Å². The molecule has 0 aliphatic heterocycles. The van der Waals surface area contributed by atoms with Crippen molar-refractivity contribution in [2.24, 2.45) is 16.8 Å². The monoisotopic (exact) mass is 419 g/mol. The highest BCUT2D eigenvalue weighted by atomic mass is 79.9. The zero-order valence-electron chi connectivity index (χ0n) is 12.2. The quantitative estimate of drug-likeness (QED) is 0.417. The molecule has 1 amide bonds. The number of amidine groups is 1. The minimum Gasteiger partial charge on any atom is -0.384 e. The second-order valence-electron chi connectivity index (χ2n) is 5.11. The molecular weight excluding hydrogens is 402 g/mol. The van der Waals surface area contributed by atoms with E-state index in [2.05, 4.69) is 42.3 Å². The molecule has 0 fully saturated rings. The summed E-state index contributed by atoms with van der Waals surface area (Å²) >= 11 is 6.82. The molecule has 7 heteroatoms. The van der Waals surface area contributed by atoms with Crippen molar-refractivity contribution in [2.75, 3.05) is 11.9 Å². The Hall–Kier alpha value is -1.08. The minimum atomic E-state index is -0.304. The maximum Gasteiger partial charge on any atom is 0.265 e. The largest absolute Gasteiger partial charge is 0.384 e. The second-order valence-corrected chi connectivity index (χ2v) is 6.81. The summed E-state index contributed by atoms with van der Waals surface area (Å²) < 4.78 is 1.59. The van der Waals surface area contributed by atoms with Crippen molar-refractivity contribution in [1.82, 2.24) is 0 Å². The predicted octanol–water partition coefficient (Wildman–Crippen LogP) is 3.79. The third-order valence-electron chi connectivity index (χ3n) is 2.45. The number of carbonyl (C=O) groups excluding carboxylic acids is 1. The average molecular weight is 421 g/mol. The van der Waals surface area contributed by atoms with Gasteiger partial charge in [0, 0.05) is 15.4 Å². The highest BCUT2D eigenvalue weighted by molar-refractivity contribution is 9.11. The number of halogens is 2. The van der Waals surface area contributed by atoms with Gasteiger partial charge in [0.1, 0.15) is 5.84 Å². The van der Waals surface area contributed by atoms with Crippen LogP contribution in [0, 0.1) is 12.8 Å². The van der Waals surface area contributed by atoms with Gasteiger partial charge >= 0.3 is 0 Å². The number of amides is 1. The Morgan fingerprint density at radius 3 is 2.48 bits per heavy atom. The van der Waals surface area contributed by atoms with Crippen molar-refractivity contribution in [3.63, 3.8) is 0 Å². The van der Waals surface area contributed by atoms with Crippen LogP contribution in [-0.2, 0) is 9.63 Å². The van der Waals surface area contributed by atoms with Gasteiger partial charge in [0.2, 0.25) is 0 Å². The van der Waals surface area contributed by atoms with Gasteiger partial charge in [0.25, 0.3) is 5.91 Å². The number of hydrogen-bond donors (Lipinski definition) is 2. The second kappa shape index (κ2) is 8.38. The molecule has 0 atom stereocenters. The zero-order valence-corrected chi connectivity index (χ0v) is 15.4. The molecule has 0 unspecified atom stereocenters. The van der Waals surface area contributed by atoms with E-state index in [9.17, 15) is 4.79 Å². The number of carbonyl (C=O) groups is 1. The summed E-state index contributed by atoms with van der Waals surface area (Å²) in [6, 6.07) is 3.83. The number of anilines is 1. The van der Waals surface area contributed by atoms with Crippen LogP contribution in [0.3, 0.4) is 0 Å². The van der Waals surface area contributed by atoms with Crippen LogP contribution in [0.25, 0.3) is 0 Å². The van der Waals surface area contributed by atoms with E-state index in [-0.39, 0.29) is 12.5 Å². The number of nitrogens with one attached hydrogen (secondary N) is 1. The molecule has 116 valence electrons. The summed E-state index contributed by atoms with van der Waals surface area (Å²) in [5, 5.41) is 6.47. The topological polar surface area (TPSA) is 76.7 Å². The lowest BCUT2D eigenvalue weighted by Gasteiger charge is -2.10. The van der Waals surface area contributed by atoms with Crippen LogP contribution in [0.5, 0.6) is 0 Å². The Morgan fingerprint density at radius 2 is 1.95 bits per heavy atom. The van der Waals surface area contributed by atoms with Gasteiger partial charge in [-0.2, -0.15) is 0 Å². The van der Waals surface area contributed by atoms with Crippen molar-refractivity contribution in [2.45, 2.75) is 27.2 Å². The number of nitrogens with zero attached hydrogens (tertiary/aromatic N) is 1. The third-order valence-corrected chi connectivity index (χ3v) is 3.70. The lowest BCUT2D eigenvalue weighted by molar-refractivity contribution is -0.120. The molecule has 0 bridgehead atoms. The fourth-order valence-corrected chi connectivity index (χ4v) is 3.24. The first-order valence-electron chi connectivity index (χ1n) is 6.49. The molecular formula is C14H19Br2N3O2. The molecule has 0 aromatic heterocycles. The van der Waals surface area contributed by atoms with Crippen molar-refractivity contribution < 1.29 is 9.63 Å². The first kappa shape index (κ1) is 18.0. The molecule has 1 aromatic rings. The smallest absolute Gasteiger partial charge is 0.265 e. The van der Waals surface area contributed by atoms with Crippen molar-refractivity contribution in [3.05, 3.63) is 26.6 Å². The first-order chi connectivity index (χ1) is 9.79. The van der Waals surface area contributed by atoms with Gasteiger partial charge < -0.3 is 15.9 Å². The fourth-order valence-electron chi connectivity index (χ4n) is 1.62. The van der Waals surface area contributed by atoms with Gasteiger partial charge in [0.05, 0.1) is 5.69 Å². The Bertz CT molecular complexity index is 522. The van der Waals surface area contributed by atoms with Crippen LogP contribution < -0.4 is 11.1 Å². The fraction of sp³-hybridized carbons (Fsp3) is 0.429. The van der Waals surface area contributed by atoms with Crippen LogP contribution in [0.15, 0.2) is 26.2 Å². The van der Waals surface area contributed by atoms with E-state index in [0.717, 1.165) is 14.5 Å². The number of benzene rings is 1. The van der Waals surface area contributed by atoms with Crippen molar-refractivity contribution in [3.8, 4) is 0 Å². The minimum absolute atomic E-state index is 0.189. The Kier molecular flexibility index (Phi) is 7.17. The molecule has 1 aromatic carbocycles. The predicted molar refractivity (Wildman–Crippen MR) is 92.2 cm³/mol. The highest BCUT2D eigenvalue weighted by Gasteiger charge is 2.10. The summed E-state index contributed by atoms with van der Waals surface area (Å²) in [6.45, 7) is 5.84. The normalized spacial score (nSPS) is 11.6. The number of hydrogen-bond acceptors (Lipinski definition) is 3. The van der Waals surface area contributed by atoms with E-state index in [1.165, 1.54) is 0 Å². The van der Waals surface area contributed by atoms with Gasteiger partial charge in [-0.05, 0) is 62.4 Å². The Morgan fingerprint density at radius 1 is 1.38 bits per heavy atom. The zero-order chi connectivity index (χ0) is 16.0. The van der Waals surface area contributed by atoms with Gasteiger partial charge in [-0.25, -0.2) is 0 Å². The maximum absolute atomic E-state index is 11.8. The third kappa shape index (κ3) is 6.48. The van der Waals surface area contributed by atoms with Crippen LogP contribution in [0.2, 0.25) is 0 Å². The van der Waals surface area contributed by atoms with Gasteiger partial charge in [-0.1, -0.05) is 19.0 Å². The van der Waals surface area contributed by atoms with E-state index in [1.54, 1.807) is 0 Å². The molecule has 0 heterocycles. The first-order valence-corrected chi connectivity index (χ1v) is 8.08. The molecule has 21 heavy (non-hydrogen) atoms. The van der Waals surface area contributed by atoms with Crippen LogP contribution in [-0.4, -0.2) is 18.3 Å². The summed E-state index contributed by atoms with van der Waals surface area (Å²) in [6.07, 6.45) is 0.636. The number of oxime groups is 1. The van der Waals surface area contributed by atoms with E-state index in [1.807, 2.05) is 32.9 Å². The van der Waals surface area contributed by atoms with Crippen LogP contribution >= 0.6 is 31.9 Å². The van der Waals surface area contributed by atoms with E-state index >= 15 is 0 Å². The van der Waals surface area contributed by atoms with E-state index < -0.39 is 0 Å². The molecule has 3 N–H and O–H groups in total. The van der Waals surface area contributed by atoms with Crippen LogP contribution in [0.4, 0.5) is 5.69 Å². The lowest BCUT2D eigenvalue weighted by Crippen LogP contribution is -2.20. The molecule has 0 saturated carbocycles. The molecule has 0 aliphatic rings. The van der Waals surface area contributed by atoms with Crippen LogP contribution in [0.1, 0.15) is 25.8 Å². The number of rotatable bonds is 6. The van der Waals surface area contributed by atoms with Crippen molar-refractivity contribution in [1.29, 1.82) is 0 Å². The highest BCUT2D eigenvalue weighted by Crippen LogP contribution is 2.32. The molecule has 0 saturated heterocycles. The summed E-state index contributed by atoms with van der Waals surface area (Å²) in [5.74, 6) is 0.475. The Balaban J connectivity index is 2.55. The molecule has 0 spiro atoms. The van der Waals surface area contributed by atoms with Gasteiger partial charge in [-0.15, -0.1) is 0 Å². The Labute approximate surface area is 141 Å². The number of nitrogens with two attached hydrogens (primary N) is 1. The van der Waals surface area contributed by atoms with Crippen molar-refractivity contribution >= 4 is 49.3 Å². The number of aryl methyl sites for hydroxylation is 1. The molecule has 0 aliphatic carbocycles. The lowest BCUT2D eigenvalue weighted by atomic mass is 10.1. The molecule has 1 rings (SSSR count). The van der Waals surface area contributed by atoms with Gasteiger partial charge in [-0.3, -0.25) is 4.79 Å². The standard InChI is InChI=1S/C14H19Br2N3O2/c1-8(2)4-12(17)19-21-7-13(20)18-14-10(15)5-9(3)6-11(14)16/h5-6,8H,4,7H2,1-3H3,(H2,17,19)(H,18,20). The molecule has 0 radical (unpaired) electrons. The van der Waals surface area contributed by atoms with E-state index in [4.69, 9.17) is 10.6 Å². The summed E-state index contributed by atoms with van der Waals surface area (Å²) in [4.78, 5) is 16.8. The SMILES string of the molecule is Cc1cc(Br)c(NC(=O)CO/N=C(\N)CC(C)C)c(Br)c1.